The van der Waals surface area contributed by atoms with Crippen molar-refractivity contribution in [1.29, 1.82) is 0 Å². The molecule has 0 saturated heterocycles. The van der Waals surface area contributed by atoms with E-state index in [1.54, 1.807) is 0 Å². The van der Waals surface area contributed by atoms with Crippen LogP contribution in [0.2, 0.25) is 0 Å². The summed E-state index contributed by atoms with van der Waals surface area (Å²) in [6.45, 7) is 7.21. The van der Waals surface area contributed by atoms with E-state index in [2.05, 4.69) is 25.8 Å². The van der Waals surface area contributed by atoms with Crippen LogP contribution in [0.5, 0.6) is 5.88 Å². The molecule has 0 unspecified atom stereocenters. The van der Waals surface area contributed by atoms with Crippen LogP contribution in [-0.2, 0) is 6.54 Å². The van der Waals surface area contributed by atoms with Crippen molar-refractivity contribution in [2.24, 2.45) is 11.1 Å². The Labute approximate surface area is 95.8 Å². The average molecular weight is 226 g/mol. The van der Waals surface area contributed by atoms with Crippen LogP contribution in [0, 0.1) is 11.2 Å². The summed E-state index contributed by atoms with van der Waals surface area (Å²) < 4.78 is 18.4. The lowest BCUT2D eigenvalue weighted by Gasteiger charge is -2.18. The van der Waals surface area contributed by atoms with Gasteiger partial charge in [0.15, 0.2) is 0 Å². The summed E-state index contributed by atoms with van der Waals surface area (Å²) in [5, 5.41) is 0. The predicted molar refractivity (Wildman–Crippen MR) is 61.7 cm³/mol. The van der Waals surface area contributed by atoms with Gasteiger partial charge in [-0.1, -0.05) is 20.8 Å². The highest BCUT2D eigenvalue weighted by Crippen LogP contribution is 2.20. The van der Waals surface area contributed by atoms with Crippen LogP contribution in [0.15, 0.2) is 12.3 Å². The van der Waals surface area contributed by atoms with E-state index in [9.17, 15) is 4.39 Å². The molecule has 3 nitrogen and oxygen atoms in total. The minimum atomic E-state index is -0.386. The molecule has 0 atom stereocenters. The molecule has 1 rings (SSSR count). The summed E-state index contributed by atoms with van der Waals surface area (Å²) in [5.74, 6) is 0.0526. The summed E-state index contributed by atoms with van der Waals surface area (Å²) >= 11 is 0. The number of ether oxygens (including phenoxy) is 1. The molecule has 0 aromatic carbocycles. The van der Waals surface area contributed by atoms with Gasteiger partial charge in [0.1, 0.15) is 5.82 Å². The number of hydrogen-bond donors (Lipinski definition) is 1. The largest absolute Gasteiger partial charge is 0.477 e. The number of hydrogen-bond acceptors (Lipinski definition) is 3. The van der Waals surface area contributed by atoms with Gasteiger partial charge in [0, 0.05) is 12.1 Å². The maximum absolute atomic E-state index is 12.9. The van der Waals surface area contributed by atoms with Crippen LogP contribution in [0.25, 0.3) is 0 Å². The molecule has 1 heterocycles. The molecule has 0 radical (unpaired) electrons. The van der Waals surface area contributed by atoms with E-state index in [1.165, 1.54) is 6.07 Å². The van der Waals surface area contributed by atoms with Crippen molar-refractivity contribution >= 4 is 0 Å². The lowest BCUT2D eigenvalue weighted by atomic mass is 9.93. The fourth-order valence-electron chi connectivity index (χ4n) is 1.20. The van der Waals surface area contributed by atoms with E-state index >= 15 is 0 Å². The van der Waals surface area contributed by atoms with Crippen molar-refractivity contribution in [2.45, 2.75) is 33.7 Å². The molecule has 0 spiro atoms. The second-order valence-corrected chi connectivity index (χ2v) is 4.98. The van der Waals surface area contributed by atoms with Gasteiger partial charge in [-0.2, -0.15) is 0 Å². The first-order chi connectivity index (χ1) is 7.42. The van der Waals surface area contributed by atoms with E-state index in [0.717, 1.165) is 12.6 Å². The fourth-order valence-corrected chi connectivity index (χ4v) is 1.20. The van der Waals surface area contributed by atoms with Crippen molar-refractivity contribution < 1.29 is 9.13 Å². The van der Waals surface area contributed by atoms with Gasteiger partial charge in [0.2, 0.25) is 5.88 Å². The molecular formula is C12H19FN2O. The first-order valence-corrected chi connectivity index (χ1v) is 5.39. The Bertz CT molecular complexity index is 347. The SMILES string of the molecule is CC(C)(C)CCOc1ncc(F)cc1CN. The Morgan fingerprint density at radius 2 is 2.12 bits per heavy atom. The maximum atomic E-state index is 12.9. The number of rotatable bonds is 4. The summed E-state index contributed by atoms with van der Waals surface area (Å²) in [6, 6.07) is 1.36. The Hall–Kier alpha value is -1.16. The third-order valence-electron chi connectivity index (χ3n) is 2.20. The molecule has 0 aliphatic carbocycles. The van der Waals surface area contributed by atoms with Gasteiger partial charge in [-0.25, -0.2) is 9.37 Å². The molecule has 0 aliphatic heterocycles. The standard InChI is InChI=1S/C12H19FN2O/c1-12(2,3)4-5-16-11-9(7-14)6-10(13)8-15-11/h6,8H,4-5,7,14H2,1-3H3. The number of pyridine rings is 1. The lowest BCUT2D eigenvalue weighted by molar-refractivity contribution is 0.234. The topological polar surface area (TPSA) is 48.1 Å². The molecule has 90 valence electrons. The minimum absolute atomic E-state index is 0.211. The van der Waals surface area contributed by atoms with E-state index < -0.39 is 0 Å². The molecule has 0 saturated carbocycles. The Morgan fingerprint density at radius 1 is 1.44 bits per heavy atom. The number of aromatic nitrogens is 1. The number of nitrogens with zero attached hydrogens (tertiary/aromatic N) is 1. The third kappa shape index (κ3) is 4.14. The molecule has 0 bridgehead atoms. The number of nitrogens with two attached hydrogens (primary N) is 1. The lowest BCUT2D eigenvalue weighted by Crippen LogP contribution is -2.13. The van der Waals surface area contributed by atoms with E-state index in [-0.39, 0.29) is 17.8 Å². The first kappa shape index (κ1) is 12.9. The molecule has 16 heavy (non-hydrogen) atoms. The smallest absolute Gasteiger partial charge is 0.218 e. The van der Waals surface area contributed by atoms with Crippen LogP contribution < -0.4 is 10.5 Å². The van der Waals surface area contributed by atoms with Crippen molar-refractivity contribution in [3.63, 3.8) is 0 Å². The van der Waals surface area contributed by atoms with E-state index in [4.69, 9.17) is 10.5 Å². The van der Waals surface area contributed by atoms with Gasteiger partial charge >= 0.3 is 0 Å². The van der Waals surface area contributed by atoms with Gasteiger partial charge in [-0.3, -0.25) is 0 Å². The van der Waals surface area contributed by atoms with E-state index in [0.29, 0.717) is 18.1 Å². The van der Waals surface area contributed by atoms with Gasteiger partial charge < -0.3 is 10.5 Å². The van der Waals surface area contributed by atoms with Crippen LogP contribution in [0.1, 0.15) is 32.8 Å². The van der Waals surface area contributed by atoms with Gasteiger partial charge in [-0.05, 0) is 17.9 Å². The fraction of sp³-hybridized carbons (Fsp3) is 0.583. The zero-order chi connectivity index (χ0) is 12.2. The maximum Gasteiger partial charge on any atom is 0.218 e. The molecule has 1 aromatic heterocycles. The van der Waals surface area contributed by atoms with Crippen molar-refractivity contribution in [3.05, 3.63) is 23.6 Å². The molecule has 2 N–H and O–H groups in total. The van der Waals surface area contributed by atoms with E-state index in [1.807, 2.05) is 0 Å². The highest BCUT2D eigenvalue weighted by molar-refractivity contribution is 5.25. The molecule has 0 aliphatic rings. The van der Waals surface area contributed by atoms with Gasteiger partial charge in [0.25, 0.3) is 0 Å². The highest BCUT2D eigenvalue weighted by Gasteiger charge is 2.11. The second-order valence-electron chi connectivity index (χ2n) is 4.98. The summed E-state index contributed by atoms with van der Waals surface area (Å²) in [5.41, 5.74) is 6.31. The molecule has 0 fully saturated rings. The predicted octanol–water partition coefficient (Wildman–Crippen LogP) is 2.49. The Morgan fingerprint density at radius 3 is 2.69 bits per heavy atom. The molecule has 4 heteroatoms. The van der Waals surface area contributed by atoms with Crippen molar-refractivity contribution in [2.75, 3.05) is 6.61 Å². The normalized spacial score (nSPS) is 11.6. The monoisotopic (exact) mass is 226 g/mol. The average Bonchev–Trinajstić information content (AvgIpc) is 2.18. The van der Waals surface area contributed by atoms with Crippen LogP contribution in [0.3, 0.4) is 0 Å². The third-order valence-corrected chi connectivity index (χ3v) is 2.20. The summed E-state index contributed by atoms with van der Waals surface area (Å²) in [6.07, 6.45) is 2.06. The van der Waals surface area contributed by atoms with Crippen molar-refractivity contribution in [3.8, 4) is 5.88 Å². The number of halogens is 1. The van der Waals surface area contributed by atoms with Crippen molar-refractivity contribution in [1.82, 2.24) is 4.98 Å². The van der Waals surface area contributed by atoms with Gasteiger partial charge in [0.05, 0.1) is 12.8 Å². The minimum Gasteiger partial charge on any atom is -0.477 e. The highest BCUT2D eigenvalue weighted by atomic mass is 19.1. The zero-order valence-corrected chi connectivity index (χ0v) is 10.1. The zero-order valence-electron chi connectivity index (χ0n) is 10.1. The summed E-state index contributed by atoms with van der Waals surface area (Å²) in [7, 11) is 0. The van der Waals surface area contributed by atoms with Crippen LogP contribution in [0.4, 0.5) is 4.39 Å². The second kappa shape index (κ2) is 5.25. The molecular weight excluding hydrogens is 207 g/mol. The Kier molecular flexibility index (Phi) is 4.24. The summed E-state index contributed by atoms with van der Waals surface area (Å²) in [4.78, 5) is 3.89. The van der Waals surface area contributed by atoms with Crippen LogP contribution >= 0.6 is 0 Å². The van der Waals surface area contributed by atoms with Gasteiger partial charge in [-0.15, -0.1) is 0 Å². The first-order valence-electron chi connectivity index (χ1n) is 5.39. The Balaban J connectivity index is 2.60. The molecule has 1 aromatic rings. The van der Waals surface area contributed by atoms with Crippen LogP contribution in [-0.4, -0.2) is 11.6 Å². The molecule has 0 amide bonds. The quantitative estimate of drug-likeness (QED) is 0.858.